The standard InChI is InChI=1S/C58H86N12O19/c1-6-30(4)47(58(88)89)68-53(83)40(27-32-11-15-34(72)16-12-32)66-51(81)38(20-22-43(61)74)63-55(85)42-10-8-26-70(42)57(87)46(29(2)3)67-52(82)39(21-24-45(77)78)64-56(86)48(31(5)71)69-54(84)41(28-33-13-17-35(73)18-14-33)65-50(80)37(9-7-25-59)62-49(79)36(60)19-23-44(75)76/h11-18,29-31,36-42,46-48,71-73H,6-10,19-28,59-60H2,1-5H3,(H2,61,74)(H,62,79)(H,63,85)(H,64,86)(H,65,80)(H,66,81)(H,67,82)(H,68,83)(H,69,84)(H,75,76)(H,77,78)(H,88,89)/t30-,31+,36-,37+,38-,39-,40-,41+,42-,46+,47-,48+/m0/s1. The number of nitrogens with two attached hydrogens (primary N) is 3. The molecule has 1 saturated heterocycles. The van der Waals surface area contributed by atoms with Crippen molar-refractivity contribution in [2.45, 2.75) is 185 Å². The topological polar surface area (TPSA) is 521 Å². The summed E-state index contributed by atoms with van der Waals surface area (Å²) in [6, 6.07) is -4.21. The van der Waals surface area contributed by atoms with Crippen molar-refractivity contribution in [1.29, 1.82) is 0 Å². The maximum absolute atomic E-state index is 14.6. The highest BCUT2D eigenvalue weighted by molar-refractivity contribution is 5.99. The molecule has 1 heterocycles. The van der Waals surface area contributed by atoms with Gasteiger partial charge in [0.1, 0.15) is 65.9 Å². The Morgan fingerprint density at radius 1 is 0.551 bits per heavy atom. The Morgan fingerprint density at radius 3 is 1.44 bits per heavy atom. The van der Waals surface area contributed by atoms with E-state index in [9.17, 15) is 87.9 Å². The highest BCUT2D eigenvalue weighted by Gasteiger charge is 2.42. The molecule has 31 nitrogen and oxygen atoms in total. The molecule has 0 saturated carbocycles. The summed E-state index contributed by atoms with van der Waals surface area (Å²) in [6.07, 6.45) is -4.49. The summed E-state index contributed by atoms with van der Waals surface area (Å²) in [6.45, 7) is 7.50. The maximum Gasteiger partial charge on any atom is 0.326 e. The molecule has 0 unspecified atom stereocenters. The molecule has 0 bridgehead atoms. The zero-order valence-electron chi connectivity index (χ0n) is 50.4. The number of phenolic OH excluding ortho intramolecular Hbond substituents is 2. The van der Waals surface area contributed by atoms with Crippen LogP contribution in [0.2, 0.25) is 0 Å². The van der Waals surface area contributed by atoms with Crippen LogP contribution in [0.1, 0.15) is 116 Å². The lowest BCUT2D eigenvalue weighted by molar-refractivity contribution is -0.144. The summed E-state index contributed by atoms with van der Waals surface area (Å²) in [5, 5.41) is 79.1. The van der Waals surface area contributed by atoms with Crippen LogP contribution < -0.4 is 59.7 Å². The molecule has 0 spiro atoms. The molecular weight excluding hydrogens is 1170 g/mol. The van der Waals surface area contributed by atoms with Crippen LogP contribution in [0.5, 0.6) is 11.5 Å². The summed E-state index contributed by atoms with van der Waals surface area (Å²) in [5.41, 5.74) is 17.8. The molecule has 20 N–H and O–H groups in total. The van der Waals surface area contributed by atoms with Crippen molar-refractivity contribution >= 4 is 77.0 Å². The lowest BCUT2D eigenvalue weighted by atomic mass is 9.98. The molecular formula is C58H86N12O19. The average Bonchev–Trinajstić information content (AvgIpc) is 3.78. The summed E-state index contributed by atoms with van der Waals surface area (Å²) in [4.78, 5) is 175. The summed E-state index contributed by atoms with van der Waals surface area (Å²) in [7, 11) is 0. The van der Waals surface area contributed by atoms with Gasteiger partial charge in [-0.1, -0.05) is 58.4 Å². The van der Waals surface area contributed by atoms with Gasteiger partial charge in [-0.3, -0.25) is 57.5 Å². The molecule has 2 aromatic rings. The molecule has 1 aliphatic rings. The summed E-state index contributed by atoms with van der Waals surface area (Å²) in [5.74, 6) is -15.3. The van der Waals surface area contributed by atoms with Gasteiger partial charge in [-0.2, -0.15) is 0 Å². The molecule has 3 rings (SSSR count). The number of aliphatic hydroxyl groups is 1. The third kappa shape index (κ3) is 24.6. The Balaban J connectivity index is 1.90. The number of primary amides is 1. The number of aliphatic hydroxyl groups excluding tert-OH is 1. The van der Waals surface area contributed by atoms with Crippen LogP contribution >= 0.6 is 0 Å². The van der Waals surface area contributed by atoms with E-state index in [0.717, 1.165) is 11.8 Å². The number of carbonyl (C=O) groups excluding carboxylic acids is 10. The van der Waals surface area contributed by atoms with Crippen molar-refractivity contribution in [3.8, 4) is 11.5 Å². The fourth-order valence-corrected chi connectivity index (χ4v) is 9.44. The highest BCUT2D eigenvalue weighted by atomic mass is 16.4. The van der Waals surface area contributed by atoms with E-state index in [2.05, 4.69) is 42.5 Å². The first-order chi connectivity index (χ1) is 41.9. The Morgan fingerprint density at radius 2 is 0.978 bits per heavy atom. The molecule has 89 heavy (non-hydrogen) atoms. The van der Waals surface area contributed by atoms with Gasteiger partial charge in [0.15, 0.2) is 0 Å². The van der Waals surface area contributed by atoms with E-state index in [0.29, 0.717) is 17.5 Å². The van der Waals surface area contributed by atoms with Crippen molar-refractivity contribution < 1.29 is 93.0 Å². The molecule has 10 amide bonds. The number of carboxylic acid groups (broad SMARTS) is 3. The number of benzene rings is 2. The minimum Gasteiger partial charge on any atom is -0.508 e. The zero-order chi connectivity index (χ0) is 66.8. The van der Waals surface area contributed by atoms with E-state index < -0.39 is 187 Å². The second kappa shape index (κ2) is 36.4. The van der Waals surface area contributed by atoms with E-state index in [1.165, 1.54) is 62.4 Å². The van der Waals surface area contributed by atoms with Gasteiger partial charge in [-0.25, -0.2) is 4.79 Å². The molecule has 0 aliphatic carbocycles. The Kier molecular flexibility index (Phi) is 30.4. The van der Waals surface area contributed by atoms with Gasteiger partial charge in [-0.15, -0.1) is 0 Å². The number of rotatable bonds is 38. The predicted octanol–water partition coefficient (Wildman–Crippen LogP) is -3.02. The van der Waals surface area contributed by atoms with Crippen LogP contribution in [0.25, 0.3) is 0 Å². The van der Waals surface area contributed by atoms with Crippen LogP contribution in [0.3, 0.4) is 0 Å². The molecule has 492 valence electrons. The van der Waals surface area contributed by atoms with Crippen molar-refractivity contribution in [2.75, 3.05) is 13.1 Å². The minimum atomic E-state index is -1.93. The number of aliphatic carboxylic acids is 3. The van der Waals surface area contributed by atoms with Gasteiger partial charge < -0.3 is 95.3 Å². The monoisotopic (exact) mass is 1250 g/mol. The number of likely N-dealkylation sites (tertiary alicyclic amines) is 1. The summed E-state index contributed by atoms with van der Waals surface area (Å²) >= 11 is 0. The first-order valence-electron chi connectivity index (χ1n) is 29.2. The molecule has 0 aromatic heterocycles. The Bertz CT molecular complexity index is 2800. The van der Waals surface area contributed by atoms with E-state index in [1.807, 2.05) is 0 Å². The third-order valence-corrected chi connectivity index (χ3v) is 14.9. The molecule has 12 atom stereocenters. The van der Waals surface area contributed by atoms with Crippen LogP contribution in [0.4, 0.5) is 0 Å². The van der Waals surface area contributed by atoms with E-state index in [1.54, 1.807) is 13.8 Å². The highest BCUT2D eigenvalue weighted by Crippen LogP contribution is 2.22. The third-order valence-electron chi connectivity index (χ3n) is 14.9. The predicted molar refractivity (Wildman–Crippen MR) is 316 cm³/mol. The van der Waals surface area contributed by atoms with E-state index in [4.69, 9.17) is 22.3 Å². The van der Waals surface area contributed by atoms with Crippen molar-refractivity contribution in [3.05, 3.63) is 59.7 Å². The first kappa shape index (κ1) is 74.3. The number of nitrogens with zero attached hydrogens (tertiary/aromatic N) is 1. The number of hydrogen-bond donors (Lipinski definition) is 17. The van der Waals surface area contributed by atoms with Crippen LogP contribution in [0.15, 0.2) is 48.5 Å². The number of phenols is 2. The second-order valence-corrected chi connectivity index (χ2v) is 22.3. The fraction of sp³-hybridized carbons (Fsp3) is 0.569. The zero-order valence-corrected chi connectivity index (χ0v) is 50.4. The molecule has 1 fully saturated rings. The van der Waals surface area contributed by atoms with Gasteiger partial charge in [0.2, 0.25) is 59.1 Å². The normalized spacial score (nSPS) is 16.6. The quantitative estimate of drug-likeness (QED) is 0.0318. The van der Waals surface area contributed by atoms with Crippen molar-refractivity contribution in [2.24, 2.45) is 29.0 Å². The van der Waals surface area contributed by atoms with Gasteiger partial charge in [0, 0.05) is 38.6 Å². The number of carbonyl (C=O) groups is 13. The molecule has 1 aliphatic heterocycles. The number of carboxylic acids is 3. The number of aromatic hydroxyl groups is 2. The molecule has 31 heteroatoms. The maximum atomic E-state index is 14.6. The minimum absolute atomic E-state index is 0.0259. The molecule has 0 radical (unpaired) electrons. The van der Waals surface area contributed by atoms with Crippen molar-refractivity contribution in [3.63, 3.8) is 0 Å². The van der Waals surface area contributed by atoms with E-state index in [-0.39, 0.29) is 69.5 Å². The average molecular weight is 1260 g/mol. The smallest absolute Gasteiger partial charge is 0.326 e. The van der Waals surface area contributed by atoms with Gasteiger partial charge in [0.25, 0.3) is 0 Å². The summed E-state index contributed by atoms with van der Waals surface area (Å²) < 4.78 is 0. The fourth-order valence-electron chi connectivity index (χ4n) is 9.44. The first-order valence-corrected chi connectivity index (χ1v) is 29.2. The lowest BCUT2D eigenvalue weighted by Gasteiger charge is -2.32. The van der Waals surface area contributed by atoms with Crippen LogP contribution in [-0.2, 0) is 75.2 Å². The van der Waals surface area contributed by atoms with Crippen molar-refractivity contribution in [1.82, 2.24) is 47.4 Å². The molecule has 2 aromatic carbocycles. The lowest BCUT2D eigenvalue weighted by Crippen LogP contribution is -2.62. The van der Waals surface area contributed by atoms with Gasteiger partial charge in [0.05, 0.1) is 12.1 Å². The van der Waals surface area contributed by atoms with Gasteiger partial charge in [-0.05, 0) is 106 Å². The van der Waals surface area contributed by atoms with Crippen LogP contribution in [0, 0.1) is 11.8 Å². The number of amides is 10. The Labute approximate surface area is 513 Å². The van der Waals surface area contributed by atoms with Gasteiger partial charge >= 0.3 is 17.9 Å². The number of hydrogen-bond acceptors (Lipinski definition) is 18. The largest absolute Gasteiger partial charge is 0.508 e. The second-order valence-electron chi connectivity index (χ2n) is 22.3. The van der Waals surface area contributed by atoms with E-state index >= 15 is 0 Å². The SMILES string of the molecule is CC[C@H](C)[C@H](NC(=O)[C@H](Cc1ccc(O)cc1)NC(=O)[C@H](CCC(N)=O)NC(=O)[C@@H]1CCCN1C(=O)[C@H](NC(=O)[C@H](CCC(=O)O)NC(=O)[C@H](NC(=O)[C@@H](Cc1ccc(O)cc1)NC(=O)[C@@H](CCCN)NC(=O)[C@@H](N)CCC(=O)O)[C@@H](C)O)C(C)C)C(=O)O. The number of nitrogens with one attached hydrogen (secondary N) is 8. The van der Waals surface area contributed by atoms with Crippen LogP contribution in [-0.4, -0.2) is 192 Å². The Hall–Kier alpha value is -8.97.